The molecular weight excluding hydrogens is 413 g/mol. The molecule has 1 aromatic heterocycles. The van der Waals surface area contributed by atoms with E-state index in [0.29, 0.717) is 5.92 Å². The van der Waals surface area contributed by atoms with Gasteiger partial charge >= 0.3 is 0 Å². The molecule has 5 nitrogen and oxygen atoms in total. The van der Waals surface area contributed by atoms with Crippen molar-refractivity contribution in [1.82, 2.24) is 20.4 Å². The summed E-state index contributed by atoms with van der Waals surface area (Å²) in [6, 6.07) is 8.67. The highest BCUT2D eigenvalue weighted by molar-refractivity contribution is 14.0. The molecule has 130 valence electrons. The van der Waals surface area contributed by atoms with Gasteiger partial charge in [-0.1, -0.05) is 24.3 Å². The zero-order valence-electron chi connectivity index (χ0n) is 14.8. The van der Waals surface area contributed by atoms with Crippen LogP contribution in [0.1, 0.15) is 34.0 Å². The molecule has 0 aliphatic heterocycles. The summed E-state index contributed by atoms with van der Waals surface area (Å²) in [7, 11) is 3.79. The number of aliphatic imine (C=N–C) groups is 1. The van der Waals surface area contributed by atoms with Crippen molar-refractivity contribution in [2.45, 2.75) is 32.7 Å². The fraction of sp³-hybridized carbons (Fsp3) is 0.444. The lowest BCUT2D eigenvalue weighted by Gasteiger charge is -2.30. The van der Waals surface area contributed by atoms with Crippen molar-refractivity contribution < 1.29 is 0 Å². The van der Waals surface area contributed by atoms with E-state index in [1.165, 1.54) is 22.4 Å². The standard InChI is InChI=1S/C18H25N5.HI/c1-12-17(13(2)23(4)22-12)11-21-18(19-3)20-10-15-9-14-7-5-6-8-16(14)15;/h5-8,15H,9-11H2,1-4H3,(H2,19,20,21);1H. The second-order valence-corrected chi connectivity index (χ2v) is 6.18. The molecule has 1 heterocycles. The van der Waals surface area contributed by atoms with Gasteiger partial charge in [-0.2, -0.15) is 5.10 Å². The molecule has 1 aliphatic rings. The van der Waals surface area contributed by atoms with E-state index in [1.54, 1.807) is 0 Å². The molecule has 3 rings (SSSR count). The molecule has 1 aromatic carbocycles. The van der Waals surface area contributed by atoms with Crippen LogP contribution < -0.4 is 10.6 Å². The first-order chi connectivity index (χ1) is 11.1. The van der Waals surface area contributed by atoms with E-state index in [2.05, 4.69) is 51.9 Å². The number of nitrogens with one attached hydrogen (secondary N) is 2. The molecule has 0 spiro atoms. The minimum atomic E-state index is 0. The Morgan fingerprint density at radius 1 is 1.29 bits per heavy atom. The Labute approximate surface area is 161 Å². The quantitative estimate of drug-likeness (QED) is 0.438. The Kier molecular flexibility index (Phi) is 6.26. The molecular formula is C18H26IN5. The first kappa shape index (κ1) is 18.8. The van der Waals surface area contributed by atoms with Crippen LogP contribution in [0.5, 0.6) is 0 Å². The van der Waals surface area contributed by atoms with Gasteiger partial charge in [-0.3, -0.25) is 9.67 Å². The number of aryl methyl sites for hydroxylation is 2. The van der Waals surface area contributed by atoms with Crippen LogP contribution in [0.15, 0.2) is 29.3 Å². The number of nitrogens with zero attached hydrogens (tertiary/aromatic N) is 3. The molecule has 1 aliphatic carbocycles. The van der Waals surface area contributed by atoms with Gasteiger partial charge < -0.3 is 10.6 Å². The van der Waals surface area contributed by atoms with Crippen LogP contribution in [0.4, 0.5) is 0 Å². The molecule has 0 radical (unpaired) electrons. The zero-order valence-corrected chi connectivity index (χ0v) is 17.1. The third kappa shape index (κ3) is 3.74. The highest BCUT2D eigenvalue weighted by Gasteiger charge is 2.25. The summed E-state index contributed by atoms with van der Waals surface area (Å²) in [5.41, 5.74) is 6.45. The number of fused-ring (bicyclic) bond motifs is 1. The van der Waals surface area contributed by atoms with Gasteiger partial charge in [0.25, 0.3) is 0 Å². The third-order valence-electron chi connectivity index (χ3n) is 4.79. The molecule has 0 saturated carbocycles. The normalized spacial score (nSPS) is 16.0. The number of hydrogen-bond acceptors (Lipinski definition) is 2. The topological polar surface area (TPSA) is 54.2 Å². The van der Waals surface area contributed by atoms with Crippen molar-refractivity contribution >= 4 is 29.9 Å². The third-order valence-corrected chi connectivity index (χ3v) is 4.79. The van der Waals surface area contributed by atoms with Crippen LogP contribution in [0.3, 0.4) is 0 Å². The number of aromatic nitrogens is 2. The predicted octanol–water partition coefficient (Wildman–Crippen LogP) is 2.66. The smallest absolute Gasteiger partial charge is 0.191 e. The maximum Gasteiger partial charge on any atom is 0.191 e. The summed E-state index contributed by atoms with van der Waals surface area (Å²) >= 11 is 0. The van der Waals surface area contributed by atoms with E-state index in [1.807, 2.05) is 25.7 Å². The summed E-state index contributed by atoms with van der Waals surface area (Å²) in [4.78, 5) is 4.32. The van der Waals surface area contributed by atoms with Gasteiger partial charge in [0.1, 0.15) is 0 Å². The van der Waals surface area contributed by atoms with Crippen molar-refractivity contribution in [3.8, 4) is 0 Å². The Bertz CT molecular complexity index is 735. The van der Waals surface area contributed by atoms with Gasteiger partial charge in [-0.05, 0) is 31.4 Å². The van der Waals surface area contributed by atoms with E-state index in [9.17, 15) is 0 Å². The van der Waals surface area contributed by atoms with E-state index in [0.717, 1.165) is 31.2 Å². The van der Waals surface area contributed by atoms with Crippen LogP contribution in [-0.4, -0.2) is 29.3 Å². The monoisotopic (exact) mass is 439 g/mol. The number of halogens is 1. The molecule has 6 heteroatoms. The number of guanidine groups is 1. The maximum atomic E-state index is 4.45. The summed E-state index contributed by atoms with van der Waals surface area (Å²) < 4.78 is 1.92. The summed E-state index contributed by atoms with van der Waals surface area (Å²) in [6.07, 6.45) is 1.15. The summed E-state index contributed by atoms with van der Waals surface area (Å²) in [6.45, 7) is 5.80. The first-order valence-electron chi connectivity index (χ1n) is 8.11. The SMILES string of the molecule is CN=C(NCc1c(C)nn(C)c1C)NCC1Cc2ccccc21.I. The minimum Gasteiger partial charge on any atom is -0.356 e. The fourth-order valence-electron chi connectivity index (χ4n) is 3.23. The van der Waals surface area contributed by atoms with Crippen LogP contribution in [0.25, 0.3) is 0 Å². The van der Waals surface area contributed by atoms with Crippen LogP contribution in [-0.2, 0) is 20.0 Å². The van der Waals surface area contributed by atoms with Gasteiger partial charge in [0.05, 0.1) is 5.69 Å². The van der Waals surface area contributed by atoms with Crippen LogP contribution in [0.2, 0.25) is 0 Å². The van der Waals surface area contributed by atoms with Crippen molar-refractivity contribution in [3.63, 3.8) is 0 Å². The molecule has 1 unspecified atom stereocenters. The van der Waals surface area contributed by atoms with Gasteiger partial charge in [0.15, 0.2) is 5.96 Å². The van der Waals surface area contributed by atoms with E-state index in [-0.39, 0.29) is 24.0 Å². The Morgan fingerprint density at radius 3 is 2.67 bits per heavy atom. The number of hydrogen-bond donors (Lipinski definition) is 2. The molecule has 1 atom stereocenters. The number of benzene rings is 1. The second kappa shape index (κ2) is 8.00. The molecule has 2 N–H and O–H groups in total. The lowest BCUT2D eigenvalue weighted by molar-refractivity contribution is 0.583. The van der Waals surface area contributed by atoms with Gasteiger partial charge in [-0.25, -0.2) is 0 Å². The molecule has 0 amide bonds. The lowest BCUT2D eigenvalue weighted by atomic mass is 9.78. The summed E-state index contributed by atoms with van der Waals surface area (Å²) in [5.74, 6) is 1.43. The Morgan fingerprint density at radius 2 is 2.04 bits per heavy atom. The molecule has 0 fully saturated rings. The average Bonchev–Trinajstić information content (AvgIpc) is 2.76. The van der Waals surface area contributed by atoms with Gasteiger partial charge in [-0.15, -0.1) is 24.0 Å². The van der Waals surface area contributed by atoms with Crippen molar-refractivity contribution in [3.05, 3.63) is 52.3 Å². The Balaban J connectivity index is 0.00000208. The highest BCUT2D eigenvalue weighted by Crippen LogP contribution is 2.33. The van der Waals surface area contributed by atoms with E-state index in [4.69, 9.17) is 0 Å². The Hall–Kier alpha value is -1.57. The second-order valence-electron chi connectivity index (χ2n) is 6.18. The van der Waals surface area contributed by atoms with Crippen molar-refractivity contribution in [1.29, 1.82) is 0 Å². The van der Waals surface area contributed by atoms with E-state index >= 15 is 0 Å². The predicted molar refractivity (Wildman–Crippen MR) is 109 cm³/mol. The maximum absolute atomic E-state index is 4.45. The van der Waals surface area contributed by atoms with Gasteiger partial charge in [0.2, 0.25) is 0 Å². The van der Waals surface area contributed by atoms with Crippen molar-refractivity contribution in [2.24, 2.45) is 12.0 Å². The summed E-state index contributed by atoms with van der Waals surface area (Å²) in [5, 5.41) is 11.3. The number of rotatable bonds is 4. The zero-order chi connectivity index (χ0) is 16.4. The largest absolute Gasteiger partial charge is 0.356 e. The minimum absolute atomic E-state index is 0. The molecule has 0 bridgehead atoms. The molecule has 0 saturated heterocycles. The molecule has 2 aromatic rings. The van der Waals surface area contributed by atoms with Crippen LogP contribution in [0, 0.1) is 13.8 Å². The first-order valence-corrected chi connectivity index (χ1v) is 8.11. The fourth-order valence-corrected chi connectivity index (χ4v) is 3.23. The van der Waals surface area contributed by atoms with Crippen molar-refractivity contribution in [2.75, 3.05) is 13.6 Å². The molecule has 24 heavy (non-hydrogen) atoms. The highest BCUT2D eigenvalue weighted by atomic mass is 127. The van der Waals surface area contributed by atoms with E-state index < -0.39 is 0 Å². The van der Waals surface area contributed by atoms with Gasteiger partial charge in [0, 0.05) is 44.4 Å². The lowest BCUT2D eigenvalue weighted by Crippen LogP contribution is -2.40. The average molecular weight is 439 g/mol. The van der Waals surface area contributed by atoms with Crippen LogP contribution >= 0.6 is 24.0 Å².